The molecule has 1 aromatic carbocycles. The smallest absolute Gasteiger partial charge is 0.354 e. The van der Waals surface area contributed by atoms with Crippen molar-refractivity contribution < 1.29 is 27.4 Å². The minimum absolute atomic E-state index is 0.0113. The van der Waals surface area contributed by atoms with E-state index in [0.29, 0.717) is 5.56 Å². The lowest BCUT2D eigenvalue weighted by Gasteiger charge is -2.22. The van der Waals surface area contributed by atoms with Gasteiger partial charge in [0, 0.05) is 14.2 Å². The van der Waals surface area contributed by atoms with Crippen LogP contribution in [0.15, 0.2) is 24.3 Å². The second-order valence-electron chi connectivity index (χ2n) is 4.57. The molecule has 7 heteroatoms. The van der Waals surface area contributed by atoms with E-state index in [0.717, 1.165) is 12.1 Å². The molecule has 1 aromatic rings. The van der Waals surface area contributed by atoms with Gasteiger partial charge in [-0.15, -0.1) is 0 Å². The van der Waals surface area contributed by atoms with Crippen molar-refractivity contribution in [2.24, 2.45) is 0 Å². The highest BCUT2D eigenvalue weighted by Crippen LogP contribution is 2.29. The molecule has 0 bridgehead atoms. The van der Waals surface area contributed by atoms with E-state index < -0.39 is 18.0 Å². The molecular weight excluding hydrogens is 287 g/mol. The molecule has 0 aliphatic heterocycles. The van der Waals surface area contributed by atoms with Gasteiger partial charge >= 0.3 is 6.18 Å². The maximum atomic E-state index is 12.4. The fourth-order valence-electron chi connectivity index (χ4n) is 1.87. The van der Waals surface area contributed by atoms with Crippen molar-refractivity contribution in [2.75, 3.05) is 14.2 Å². The van der Waals surface area contributed by atoms with E-state index in [1.54, 1.807) is 6.92 Å². The molecule has 0 aliphatic carbocycles. The molecule has 0 heterocycles. The second-order valence-corrected chi connectivity index (χ2v) is 4.57. The molecule has 0 aromatic heterocycles. The van der Waals surface area contributed by atoms with Crippen molar-refractivity contribution in [2.45, 2.75) is 31.9 Å². The number of hydrogen-bond donors (Lipinski definition) is 1. The van der Waals surface area contributed by atoms with Crippen LogP contribution in [0.4, 0.5) is 13.2 Å². The van der Waals surface area contributed by atoms with Crippen LogP contribution in [0.25, 0.3) is 0 Å². The number of ether oxygens (including phenoxy) is 2. The Labute approximate surface area is 121 Å². The first-order valence-corrected chi connectivity index (χ1v) is 6.29. The van der Waals surface area contributed by atoms with Gasteiger partial charge in [0.05, 0.1) is 18.0 Å². The van der Waals surface area contributed by atoms with E-state index in [9.17, 15) is 18.0 Å². The largest absolute Gasteiger partial charge is 0.416 e. The summed E-state index contributed by atoms with van der Waals surface area (Å²) in [6, 6.07) is 4.12. The highest BCUT2D eigenvalue weighted by Gasteiger charge is 2.30. The number of halogens is 3. The van der Waals surface area contributed by atoms with E-state index in [2.05, 4.69) is 5.32 Å². The van der Waals surface area contributed by atoms with Gasteiger partial charge in [0.25, 0.3) is 0 Å². The lowest BCUT2D eigenvalue weighted by molar-refractivity contribution is -0.137. The van der Waals surface area contributed by atoms with Crippen LogP contribution in [-0.4, -0.2) is 32.5 Å². The minimum Gasteiger partial charge on any atom is -0.354 e. The molecule has 0 radical (unpaired) electrons. The topological polar surface area (TPSA) is 47.6 Å². The maximum absolute atomic E-state index is 12.4. The van der Waals surface area contributed by atoms with Gasteiger partial charge in [0.1, 0.15) is 0 Å². The van der Waals surface area contributed by atoms with Gasteiger partial charge < -0.3 is 14.8 Å². The molecule has 0 saturated carbocycles. The lowest BCUT2D eigenvalue weighted by atomic mass is 10.1. The monoisotopic (exact) mass is 305 g/mol. The lowest BCUT2D eigenvalue weighted by Crippen LogP contribution is -2.43. The molecule has 0 saturated heterocycles. The number of hydrogen-bond acceptors (Lipinski definition) is 3. The SMILES string of the molecule is COC(OC)C(C)NC(=O)Cc1ccc(C(F)(F)F)cc1. The molecule has 0 fully saturated rings. The van der Waals surface area contributed by atoms with Crippen molar-refractivity contribution in [3.63, 3.8) is 0 Å². The summed E-state index contributed by atoms with van der Waals surface area (Å²) in [5.74, 6) is -0.318. The Balaban J connectivity index is 2.59. The summed E-state index contributed by atoms with van der Waals surface area (Å²) in [5.41, 5.74) is -0.238. The Morgan fingerprint density at radius 2 is 1.71 bits per heavy atom. The number of amides is 1. The summed E-state index contributed by atoms with van der Waals surface area (Å²) in [6.45, 7) is 1.71. The summed E-state index contributed by atoms with van der Waals surface area (Å²) in [4.78, 5) is 11.8. The molecular formula is C14H18F3NO3. The summed E-state index contributed by atoms with van der Waals surface area (Å²) in [5, 5.41) is 2.66. The Hall–Kier alpha value is -1.60. The van der Waals surface area contributed by atoms with Crippen LogP contribution in [0, 0.1) is 0 Å². The minimum atomic E-state index is -4.38. The predicted molar refractivity (Wildman–Crippen MR) is 70.6 cm³/mol. The average molecular weight is 305 g/mol. The van der Waals surface area contributed by atoms with Gasteiger partial charge in [-0.3, -0.25) is 4.79 Å². The Bertz CT molecular complexity index is 456. The molecule has 0 spiro atoms. The molecule has 1 N–H and O–H groups in total. The zero-order chi connectivity index (χ0) is 16.0. The normalized spacial score (nSPS) is 13.3. The maximum Gasteiger partial charge on any atom is 0.416 e. The van der Waals surface area contributed by atoms with Crippen LogP contribution in [0.2, 0.25) is 0 Å². The Morgan fingerprint density at radius 3 is 2.14 bits per heavy atom. The number of nitrogens with one attached hydrogen (secondary N) is 1. The van der Waals surface area contributed by atoms with Gasteiger partial charge in [0.15, 0.2) is 6.29 Å². The summed E-state index contributed by atoms with van der Waals surface area (Å²) < 4.78 is 47.2. The zero-order valence-electron chi connectivity index (χ0n) is 12.0. The summed E-state index contributed by atoms with van der Waals surface area (Å²) in [7, 11) is 2.90. The van der Waals surface area contributed by atoms with Gasteiger partial charge in [-0.05, 0) is 24.6 Å². The van der Waals surface area contributed by atoms with Gasteiger partial charge in [-0.1, -0.05) is 12.1 Å². The summed E-state index contributed by atoms with van der Waals surface area (Å²) in [6.07, 6.45) is -4.97. The van der Waals surface area contributed by atoms with Crippen molar-refractivity contribution in [3.05, 3.63) is 35.4 Å². The molecule has 21 heavy (non-hydrogen) atoms. The van der Waals surface area contributed by atoms with E-state index in [4.69, 9.17) is 9.47 Å². The number of methoxy groups -OCH3 is 2. The van der Waals surface area contributed by atoms with Crippen molar-refractivity contribution in [1.29, 1.82) is 0 Å². The van der Waals surface area contributed by atoms with Crippen LogP contribution in [0.5, 0.6) is 0 Å². The van der Waals surface area contributed by atoms with E-state index in [1.165, 1.54) is 26.4 Å². The van der Waals surface area contributed by atoms with Crippen molar-refractivity contribution in [1.82, 2.24) is 5.32 Å². The molecule has 1 atom stereocenters. The van der Waals surface area contributed by atoms with Crippen molar-refractivity contribution in [3.8, 4) is 0 Å². The van der Waals surface area contributed by atoms with E-state index >= 15 is 0 Å². The molecule has 118 valence electrons. The number of carbonyl (C=O) groups is 1. The Morgan fingerprint density at radius 1 is 1.19 bits per heavy atom. The third-order valence-corrected chi connectivity index (χ3v) is 2.91. The number of alkyl halides is 3. The van der Waals surface area contributed by atoms with Crippen LogP contribution in [0.3, 0.4) is 0 Å². The summed E-state index contributed by atoms with van der Waals surface area (Å²) >= 11 is 0. The predicted octanol–water partition coefficient (Wildman–Crippen LogP) is 2.37. The van der Waals surface area contributed by atoms with Gasteiger partial charge in [-0.2, -0.15) is 13.2 Å². The van der Waals surface area contributed by atoms with Gasteiger partial charge in [0.2, 0.25) is 5.91 Å². The number of carbonyl (C=O) groups excluding carboxylic acids is 1. The highest BCUT2D eigenvalue weighted by atomic mass is 19.4. The van der Waals surface area contributed by atoms with Crippen LogP contribution < -0.4 is 5.32 Å². The zero-order valence-corrected chi connectivity index (χ0v) is 12.0. The van der Waals surface area contributed by atoms with Crippen molar-refractivity contribution >= 4 is 5.91 Å². The highest BCUT2D eigenvalue weighted by molar-refractivity contribution is 5.78. The molecule has 1 rings (SSSR count). The number of rotatable bonds is 6. The first kappa shape index (κ1) is 17.5. The molecule has 0 aliphatic rings. The Kier molecular flexibility index (Phi) is 6.17. The third-order valence-electron chi connectivity index (χ3n) is 2.91. The first-order chi connectivity index (χ1) is 9.77. The van der Waals surface area contributed by atoms with E-state index in [-0.39, 0.29) is 18.4 Å². The quantitative estimate of drug-likeness (QED) is 0.821. The average Bonchev–Trinajstić information content (AvgIpc) is 2.39. The molecule has 1 amide bonds. The number of benzene rings is 1. The molecule has 1 unspecified atom stereocenters. The van der Waals surface area contributed by atoms with Gasteiger partial charge in [-0.25, -0.2) is 0 Å². The second kappa shape index (κ2) is 7.42. The van der Waals surface area contributed by atoms with Crippen LogP contribution >= 0.6 is 0 Å². The standard InChI is InChI=1S/C14H18F3NO3/c1-9(13(20-2)21-3)18-12(19)8-10-4-6-11(7-5-10)14(15,16)17/h4-7,9,13H,8H2,1-3H3,(H,18,19). The fraction of sp³-hybridized carbons (Fsp3) is 0.500. The molecule has 4 nitrogen and oxygen atoms in total. The van der Waals surface area contributed by atoms with Crippen LogP contribution in [-0.2, 0) is 26.9 Å². The third kappa shape index (κ3) is 5.35. The first-order valence-electron chi connectivity index (χ1n) is 6.29. The fourth-order valence-corrected chi connectivity index (χ4v) is 1.87. The van der Waals surface area contributed by atoms with E-state index in [1.807, 2.05) is 0 Å². The van der Waals surface area contributed by atoms with Crippen LogP contribution in [0.1, 0.15) is 18.1 Å².